The normalized spacial score (nSPS) is 11.7. The molecule has 0 bridgehead atoms. The van der Waals surface area contributed by atoms with Gasteiger partial charge in [-0.05, 0) is 43.9 Å². The van der Waals surface area contributed by atoms with Gasteiger partial charge in [-0.3, -0.25) is 14.4 Å². The van der Waals surface area contributed by atoms with Gasteiger partial charge in [0.05, 0.1) is 10.0 Å². The molecule has 31 heavy (non-hydrogen) atoms. The van der Waals surface area contributed by atoms with Crippen molar-refractivity contribution >= 4 is 41.0 Å². The second kappa shape index (κ2) is 15.1. The molecule has 9 heteroatoms. The minimum atomic E-state index is -0.943. The Labute approximate surface area is 194 Å². The zero-order chi connectivity index (χ0) is 23.2. The van der Waals surface area contributed by atoms with E-state index in [4.69, 9.17) is 33.0 Å². The minimum Gasteiger partial charge on any atom is -0.481 e. The number of carboxylic acids is 1. The molecule has 0 saturated carbocycles. The van der Waals surface area contributed by atoms with Crippen LogP contribution >= 0.6 is 23.2 Å². The molecule has 0 radical (unpaired) electrons. The zero-order valence-electron chi connectivity index (χ0n) is 18.2. The topological polar surface area (TPSA) is 95.9 Å². The van der Waals surface area contributed by atoms with Gasteiger partial charge >= 0.3 is 5.97 Å². The molecule has 0 aliphatic heterocycles. The fraction of sp³-hybridized carbons (Fsp3) is 0.591. The first-order valence-electron chi connectivity index (χ1n) is 10.6. The molecule has 2 amide bonds. The molecule has 174 valence electrons. The molecule has 0 saturated heterocycles. The Hall–Kier alpha value is -1.83. The molecule has 0 spiro atoms. The van der Waals surface area contributed by atoms with Gasteiger partial charge in [0.2, 0.25) is 5.91 Å². The van der Waals surface area contributed by atoms with Crippen molar-refractivity contribution in [1.29, 1.82) is 0 Å². The fourth-order valence-electron chi connectivity index (χ4n) is 3.10. The first-order chi connectivity index (χ1) is 14.8. The van der Waals surface area contributed by atoms with Gasteiger partial charge in [0.15, 0.2) is 0 Å². The molecule has 0 fully saturated rings. The average molecular weight is 475 g/mol. The van der Waals surface area contributed by atoms with Crippen molar-refractivity contribution in [2.45, 2.75) is 57.9 Å². The number of nitrogens with one attached hydrogen (secondary N) is 1. The van der Waals surface area contributed by atoms with Crippen molar-refractivity contribution in [3.8, 4) is 0 Å². The van der Waals surface area contributed by atoms with Gasteiger partial charge in [-0.25, -0.2) is 0 Å². The number of rotatable bonds is 15. The summed E-state index contributed by atoms with van der Waals surface area (Å²) in [7, 11) is 1.61. The van der Waals surface area contributed by atoms with Crippen LogP contribution in [0.2, 0.25) is 10.0 Å². The highest BCUT2D eigenvalue weighted by atomic mass is 35.5. The molecule has 1 aromatic rings. The van der Waals surface area contributed by atoms with Crippen molar-refractivity contribution in [3.05, 3.63) is 33.8 Å². The number of methoxy groups -OCH3 is 1. The Kier molecular flexibility index (Phi) is 13.2. The van der Waals surface area contributed by atoms with Crippen LogP contribution in [0.3, 0.4) is 0 Å². The Morgan fingerprint density at radius 2 is 1.81 bits per heavy atom. The van der Waals surface area contributed by atoms with E-state index in [0.717, 1.165) is 19.3 Å². The number of carbonyl (C=O) groups excluding carboxylic acids is 2. The summed E-state index contributed by atoms with van der Waals surface area (Å²) in [4.78, 5) is 38.7. The average Bonchev–Trinajstić information content (AvgIpc) is 2.73. The van der Waals surface area contributed by atoms with Crippen molar-refractivity contribution in [1.82, 2.24) is 10.2 Å². The third kappa shape index (κ3) is 10.4. The monoisotopic (exact) mass is 474 g/mol. The van der Waals surface area contributed by atoms with Crippen molar-refractivity contribution in [2.24, 2.45) is 0 Å². The zero-order valence-corrected chi connectivity index (χ0v) is 19.7. The van der Waals surface area contributed by atoms with Crippen LogP contribution < -0.4 is 5.32 Å². The Balaban J connectivity index is 2.96. The van der Waals surface area contributed by atoms with Crippen LogP contribution in [0.4, 0.5) is 0 Å². The lowest BCUT2D eigenvalue weighted by Gasteiger charge is -2.28. The SMILES string of the molecule is CCCCCN(CCCOC)C(=O)C(CCCC(=O)O)NC(=O)c1ccc(Cl)c(Cl)c1. The molecular weight excluding hydrogens is 443 g/mol. The fourth-order valence-corrected chi connectivity index (χ4v) is 3.40. The van der Waals surface area contributed by atoms with Gasteiger partial charge in [-0.1, -0.05) is 43.0 Å². The molecule has 1 rings (SSSR count). The highest BCUT2D eigenvalue weighted by molar-refractivity contribution is 6.42. The van der Waals surface area contributed by atoms with Crippen LogP contribution in [0, 0.1) is 0 Å². The Morgan fingerprint density at radius 3 is 2.42 bits per heavy atom. The van der Waals surface area contributed by atoms with E-state index in [1.165, 1.54) is 18.2 Å². The Morgan fingerprint density at radius 1 is 1.10 bits per heavy atom. The number of halogens is 2. The maximum atomic E-state index is 13.3. The van der Waals surface area contributed by atoms with Crippen LogP contribution in [0.5, 0.6) is 0 Å². The number of benzene rings is 1. The van der Waals surface area contributed by atoms with Crippen LogP contribution in [0.25, 0.3) is 0 Å². The number of hydrogen-bond acceptors (Lipinski definition) is 4. The van der Waals surface area contributed by atoms with Gasteiger partial charge in [0.1, 0.15) is 6.04 Å². The summed E-state index contributed by atoms with van der Waals surface area (Å²) in [5.74, 6) is -1.62. The van der Waals surface area contributed by atoms with E-state index >= 15 is 0 Å². The van der Waals surface area contributed by atoms with Gasteiger partial charge in [0.25, 0.3) is 5.91 Å². The van der Waals surface area contributed by atoms with E-state index < -0.39 is 17.9 Å². The van der Waals surface area contributed by atoms with Gasteiger partial charge < -0.3 is 20.1 Å². The van der Waals surface area contributed by atoms with E-state index in [1.807, 2.05) is 0 Å². The number of ether oxygens (including phenoxy) is 1. The van der Waals surface area contributed by atoms with Crippen LogP contribution in [0.15, 0.2) is 18.2 Å². The second-order valence-corrected chi connectivity index (χ2v) is 8.13. The predicted octanol–water partition coefficient (Wildman–Crippen LogP) is 4.40. The summed E-state index contributed by atoms with van der Waals surface area (Å²) in [6.07, 6.45) is 3.98. The lowest BCUT2D eigenvalue weighted by Crippen LogP contribution is -2.49. The number of aliphatic carboxylic acids is 1. The second-order valence-electron chi connectivity index (χ2n) is 7.32. The molecule has 0 aromatic heterocycles. The number of carboxylic acid groups (broad SMARTS) is 1. The summed E-state index contributed by atoms with van der Waals surface area (Å²) in [6, 6.07) is 3.66. The molecule has 0 heterocycles. The summed E-state index contributed by atoms with van der Waals surface area (Å²) < 4.78 is 5.10. The van der Waals surface area contributed by atoms with Crippen molar-refractivity contribution in [2.75, 3.05) is 26.8 Å². The standard InChI is InChI=1S/C22H32Cl2N2O5/c1-3-4-5-12-26(13-7-14-31-2)22(30)19(8-6-9-20(27)28)25-21(29)16-10-11-17(23)18(24)15-16/h10-11,15,19H,3-9,12-14H2,1-2H3,(H,25,29)(H,27,28). The smallest absolute Gasteiger partial charge is 0.303 e. The molecule has 1 aromatic carbocycles. The maximum Gasteiger partial charge on any atom is 0.303 e. The van der Waals surface area contributed by atoms with Crippen LogP contribution in [0.1, 0.15) is 62.2 Å². The summed E-state index contributed by atoms with van der Waals surface area (Å²) >= 11 is 11.9. The van der Waals surface area contributed by atoms with Crippen molar-refractivity contribution in [3.63, 3.8) is 0 Å². The minimum absolute atomic E-state index is 0.0774. The van der Waals surface area contributed by atoms with Crippen molar-refractivity contribution < 1.29 is 24.2 Å². The highest BCUT2D eigenvalue weighted by Crippen LogP contribution is 2.22. The first kappa shape index (κ1) is 27.2. The Bertz CT molecular complexity index is 720. The lowest BCUT2D eigenvalue weighted by atomic mass is 10.1. The van der Waals surface area contributed by atoms with Crippen LogP contribution in [-0.4, -0.2) is 60.6 Å². The lowest BCUT2D eigenvalue weighted by molar-refractivity contribution is -0.138. The molecule has 1 unspecified atom stereocenters. The quantitative estimate of drug-likeness (QED) is 0.367. The van der Waals surface area contributed by atoms with E-state index in [-0.39, 0.29) is 35.8 Å². The van der Waals surface area contributed by atoms with E-state index in [0.29, 0.717) is 31.1 Å². The number of hydrogen-bond donors (Lipinski definition) is 2. The van der Waals surface area contributed by atoms with Gasteiger partial charge in [0, 0.05) is 38.8 Å². The summed E-state index contributed by atoms with van der Waals surface area (Å²) in [6.45, 7) is 3.70. The summed E-state index contributed by atoms with van der Waals surface area (Å²) in [5, 5.41) is 12.3. The number of nitrogens with zero attached hydrogens (tertiary/aromatic N) is 1. The van der Waals surface area contributed by atoms with Gasteiger partial charge in [-0.2, -0.15) is 0 Å². The van der Waals surface area contributed by atoms with Gasteiger partial charge in [-0.15, -0.1) is 0 Å². The van der Waals surface area contributed by atoms with E-state index in [2.05, 4.69) is 12.2 Å². The third-order valence-corrected chi connectivity index (χ3v) is 5.53. The molecule has 1 atom stereocenters. The predicted molar refractivity (Wildman–Crippen MR) is 122 cm³/mol. The molecule has 0 aliphatic rings. The molecule has 7 nitrogen and oxygen atoms in total. The third-order valence-electron chi connectivity index (χ3n) is 4.79. The summed E-state index contributed by atoms with van der Waals surface area (Å²) in [5.41, 5.74) is 0.280. The number of amides is 2. The highest BCUT2D eigenvalue weighted by Gasteiger charge is 2.26. The molecular formula is C22H32Cl2N2O5. The number of unbranched alkanes of at least 4 members (excludes halogenated alkanes) is 2. The number of carbonyl (C=O) groups is 3. The molecule has 2 N–H and O–H groups in total. The first-order valence-corrected chi connectivity index (χ1v) is 11.3. The largest absolute Gasteiger partial charge is 0.481 e. The van der Waals surface area contributed by atoms with Crippen LogP contribution in [-0.2, 0) is 14.3 Å². The van der Waals surface area contributed by atoms with E-state index in [9.17, 15) is 14.4 Å². The van der Waals surface area contributed by atoms with E-state index in [1.54, 1.807) is 12.0 Å². The maximum absolute atomic E-state index is 13.3. The molecule has 0 aliphatic carbocycles.